The Morgan fingerprint density at radius 2 is 1.89 bits per heavy atom. The van der Waals surface area contributed by atoms with Crippen LogP contribution in [-0.4, -0.2) is 27.0 Å². The molecule has 2 fully saturated rings. The zero-order valence-electron chi connectivity index (χ0n) is 14.8. The zero-order valence-corrected chi connectivity index (χ0v) is 16.4. The number of benzene rings is 1. The van der Waals surface area contributed by atoms with E-state index in [0.717, 1.165) is 36.4 Å². The van der Waals surface area contributed by atoms with Gasteiger partial charge in [-0.1, -0.05) is 49.1 Å². The van der Waals surface area contributed by atoms with Gasteiger partial charge in [0.2, 0.25) is 0 Å². The Morgan fingerprint density at radius 1 is 1.11 bits per heavy atom. The van der Waals surface area contributed by atoms with Crippen molar-refractivity contribution in [2.24, 2.45) is 4.99 Å². The number of pyridine rings is 1. The highest BCUT2D eigenvalue weighted by Crippen LogP contribution is 2.38. The van der Waals surface area contributed by atoms with Crippen molar-refractivity contribution in [1.29, 1.82) is 0 Å². The highest BCUT2D eigenvalue weighted by molar-refractivity contribution is 8.18. The van der Waals surface area contributed by atoms with E-state index in [0.29, 0.717) is 15.7 Å². The molecule has 1 aliphatic carbocycles. The van der Waals surface area contributed by atoms with Crippen LogP contribution in [0.4, 0.5) is 5.82 Å². The van der Waals surface area contributed by atoms with E-state index in [9.17, 15) is 4.79 Å². The highest BCUT2D eigenvalue weighted by atomic mass is 35.5. The van der Waals surface area contributed by atoms with Crippen LogP contribution in [0.15, 0.2) is 58.6 Å². The van der Waals surface area contributed by atoms with E-state index in [2.05, 4.69) is 9.98 Å². The van der Waals surface area contributed by atoms with Gasteiger partial charge in [0.1, 0.15) is 0 Å². The summed E-state index contributed by atoms with van der Waals surface area (Å²) in [7, 11) is 0. The molecule has 1 amide bonds. The number of amidine groups is 1. The number of hydrogen-bond donors (Lipinski definition) is 0. The van der Waals surface area contributed by atoms with Crippen molar-refractivity contribution >= 4 is 46.3 Å². The van der Waals surface area contributed by atoms with Gasteiger partial charge >= 0.3 is 0 Å². The largest absolute Gasteiger partial charge is 0.283 e. The number of thioether (sulfide) groups is 1. The third-order valence-corrected chi connectivity index (χ3v) is 6.04. The van der Waals surface area contributed by atoms with Crippen LogP contribution in [0.25, 0.3) is 6.08 Å². The quantitative estimate of drug-likeness (QED) is 0.626. The first-order valence-corrected chi connectivity index (χ1v) is 10.4. The first-order valence-electron chi connectivity index (χ1n) is 9.19. The van der Waals surface area contributed by atoms with E-state index in [-0.39, 0.29) is 11.9 Å². The van der Waals surface area contributed by atoms with Gasteiger partial charge in [-0.25, -0.2) is 9.98 Å². The van der Waals surface area contributed by atoms with E-state index in [4.69, 9.17) is 11.6 Å². The Bertz CT molecular complexity index is 874. The average molecular weight is 398 g/mol. The maximum absolute atomic E-state index is 13.2. The fourth-order valence-corrected chi connectivity index (χ4v) is 4.63. The molecule has 138 valence electrons. The number of carbonyl (C=O) groups is 1. The lowest BCUT2D eigenvalue weighted by molar-refractivity contribution is -0.124. The minimum absolute atomic E-state index is 0.0385. The van der Waals surface area contributed by atoms with Gasteiger partial charge < -0.3 is 0 Å². The topological polar surface area (TPSA) is 45.6 Å². The second-order valence-electron chi connectivity index (χ2n) is 6.71. The van der Waals surface area contributed by atoms with Crippen LogP contribution in [0.2, 0.25) is 5.02 Å². The normalized spacial score (nSPS) is 21.4. The Morgan fingerprint density at radius 3 is 2.59 bits per heavy atom. The van der Waals surface area contributed by atoms with Crippen LogP contribution < -0.4 is 0 Å². The van der Waals surface area contributed by atoms with Gasteiger partial charge in [0.05, 0.1) is 4.91 Å². The first-order chi connectivity index (χ1) is 13.2. The molecule has 4 nitrogen and oxygen atoms in total. The van der Waals surface area contributed by atoms with Crippen molar-refractivity contribution in [2.45, 2.75) is 38.1 Å². The number of aromatic nitrogens is 1. The molecule has 0 N–H and O–H groups in total. The molecule has 1 saturated carbocycles. The molecule has 0 bridgehead atoms. The van der Waals surface area contributed by atoms with E-state index in [1.807, 2.05) is 53.4 Å². The molecule has 0 radical (unpaired) electrons. The molecule has 2 aliphatic rings. The lowest BCUT2D eigenvalue weighted by Crippen LogP contribution is -2.40. The van der Waals surface area contributed by atoms with E-state index >= 15 is 0 Å². The highest BCUT2D eigenvalue weighted by Gasteiger charge is 2.38. The van der Waals surface area contributed by atoms with Gasteiger partial charge in [0.15, 0.2) is 11.0 Å². The fourth-order valence-electron chi connectivity index (χ4n) is 3.45. The number of hydrogen-bond acceptors (Lipinski definition) is 4. The molecule has 0 unspecified atom stereocenters. The molecule has 6 heteroatoms. The summed E-state index contributed by atoms with van der Waals surface area (Å²) in [6.07, 6.45) is 9.25. The standard InChI is InChI=1S/C21H20ClN3OS/c22-16-11-9-15(10-12-16)14-18-20(26)25(17-6-2-1-3-7-17)21(27-18)24-19-8-4-5-13-23-19/h4-5,8-14,17H,1-3,6-7H2/b18-14-,24-21+. The van der Waals surface area contributed by atoms with E-state index in [1.54, 1.807) is 6.20 Å². The van der Waals surface area contributed by atoms with Gasteiger partial charge in [-0.05, 0) is 60.5 Å². The molecule has 0 atom stereocenters. The third-order valence-electron chi connectivity index (χ3n) is 4.80. The number of halogens is 1. The lowest BCUT2D eigenvalue weighted by atomic mass is 9.94. The Balaban J connectivity index is 1.68. The molecule has 27 heavy (non-hydrogen) atoms. The number of amides is 1. The Labute approximate surface area is 168 Å². The summed E-state index contributed by atoms with van der Waals surface area (Å²) in [4.78, 5) is 24.7. The van der Waals surface area contributed by atoms with Gasteiger partial charge in [-0.3, -0.25) is 9.69 Å². The van der Waals surface area contributed by atoms with E-state index in [1.165, 1.54) is 18.2 Å². The van der Waals surface area contributed by atoms with Crippen molar-refractivity contribution in [3.05, 3.63) is 64.2 Å². The van der Waals surface area contributed by atoms with Crippen molar-refractivity contribution in [1.82, 2.24) is 9.88 Å². The molecule has 0 spiro atoms. The minimum atomic E-state index is 0.0385. The van der Waals surface area contributed by atoms with Crippen molar-refractivity contribution in [2.75, 3.05) is 0 Å². The predicted octanol–water partition coefficient (Wildman–Crippen LogP) is 5.67. The van der Waals surface area contributed by atoms with Crippen LogP contribution >= 0.6 is 23.4 Å². The predicted molar refractivity (Wildman–Crippen MR) is 112 cm³/mol. The second-order valence-corrected chi connectivity index (χ2v) is 8.16. The number of carbonyl (C=O) groups excluding carboxylic acids is 1. The summed E-state index contributed by atoms with van der Waals surface area (Å²) in [6, 6.07) is 13.4. The molecule has 2 aromatic rings. The van der Waals surface area contributed by atoms with Crippen LogP contribution in [0.1, 0.15) is 37.7 Å². The Hall–Kier alpha value is -2.11. The maximum Gasteiger partial charge on any atom is 0.267 e. The van der Waals surface area contributed by atoms with Crippen molar-refractivity contribution in [3.8, 4) is 0 Å². The Kier molecular flexibility index (Phi) is 5.60. The smallest absolute Gasteiger partial charge is 0.267 e. The molecular formula is C21H20ClN3OS. The number of aliphatic imine (C=N–C) groups is 1. The molecule has 4 rings (SSSR count). The van der Waals surface area contributed by atoms with Gasteiger partial charge in [-0.15, -0.1) is 0 Å². The first kappa shape index (κ1) is 18.3. The number of nitrogens with zero attached hydrogens (tertiary/aromatic N) is 3. The monoisotopic (exact) mass is 397 g/mol. The molecule has 2 heterocycles. The van der Waals surface area contributed by atoms with Gasteiger partial charge in [-0.2, -0.15) is 0 Å². The lowest BCUT2D eigenvalue weighted by Gasteiger charge is -2.30. The summed E-state index contributed by atoms with van der Waals surface area (Å²) in [6.45, 7) is 0. The van der Waals surface area contributed by atoms with Crippen molar-refractivity contribution in [3.63, 3.8) is 0 Å². The maximum atomic E-state index is 13.2. The minimum Gasteiger partial charge on any atom is -0.283 e. The van der Waals surface area contributed by atoms with Gasteiger partial charge in [0.25, 0.3) is 5.91 Å². The third kappa shape index (κ3) is 4.25. The summed E-state index contributed by atoms with van der Waals surface area (Å²) in [5.41, 5.74) is 0.956. The summed E-state index contributed by atoms with van der Waals surface area (Å²) in [5, 5.41) is 1.41. The number of rotatable bonds is 3. The average Bonchev–Trinajstić information content (AvgIpc) is 3.00. The zero-order chi connectivity index (χ0) is 18.6. The summed E-state index contributed by atoms with van der Waals surface area (Å²) < 4.78 is 0. The summed E-state index contributed by atoms with van der Waals surface area (Å²) >= 11 is 7.40. The van der Waals surface area contributed by atoms with E-state index < -0.39 is 0 Å². The summed E-state index contributed by atoms with van der Waals surface area (Å²) in [5.74, 6) is 0.665. The molecule has 1 aromatic carbocycles. The molecule has 1 saturated heterocycles. The molecular weight excluding hydrogens is 378 g/mol. The SMILES string of the molecule is O=C1/C(=C/c2ccc(Cl)cc2)S/C(=N/c2ccccn2)N1C1CCCCC1. The van der Waals surface area contributed by atoms with Crippen LogP contribution in [0.5, 0.6) is 0 Å². The van der Waals surface area contributed by atoms with Crippen LogP contribution in [0, 0.1) is 0 Å². The van der Waals surface area contributed by atoms with Gasteiger partial charge in [0, 0.05) is 17.3 Å². The van der Waals surface area contributed by atoms with Crippen LogP contribution in [-0.2, 0) is 4.79 Å². The fraction of sp³-hybridized carbons (Fsp3) is 0.286. The second kappa shape index (κ2) is 8.28. The molecule has 1 aromatic heterocycles. The van der Waals surface area contributed by atoms with Crippen molar-refractivity contribution < 1.29 is 4.79 Å². The molecule has 1 aliphatic heterocycles. The van der Waals surface area contributed by atoms with Crippen LogP contribution in [0.3, 0.4) is 0 Å².